The highest BCUT2D eigenvalue weighted by molar-refractivity contribution is 9.13. The lowest BCUT2D eigenvalue weighted by atomic mass is 10.3. The molecule has 3 nitrogen and oxygen atoms in total. The van der Waals surface area contributed by atoms with Gasteiger partial charge in [0.25, 0.3) is 0 Å². The second-order valence-electron chi connectivity index (χ2n) is 2.45. The van der Waals surface area contributed by atoms with Crippen LogP contribution < -0.4 is 11.3 Å². The number of methoxy groups -OCH3 is 1. The fourth-order valence-corrected chi connectivity index (χ4v) is 3.05. The molecule has 0 radical (unpaired) electrons. The van der Waals surface area contributed by atoms with Crippen molar-refractivity contribution in [3.8, 4) is 0 Å². The van der Waals surface area contributed by atoms with E-state index in [1.807, 2.05) is 6.07 Å². The van der Waals surface area contributed by atoms with E-state index in [2.05, 4.69) is 37.3 Å². The average Bonchev–Trinajstić information content (AvgIpc) is 2.43. The lowest BCUT2D eigenvalue weighted by Gasteiger charge is -2.11. The number of halogens is 2. The molecule has 1 atom stereocenters. The van der Waals surface area contributed by atoms with Crippen LogP contribution in [-0.2, 0) is 4.74 Å². The summed E-state index contributed by atoms with van der Waals surface area (Å²) in [4.78, 5) is 1.14. The van der Waals surface area contributed by atoms with Gasteiger partial charge in [0.15, 0.2) is 0 Å². The fraction of sp³-hybridized carbons (Fsp3) is 0.429. The van der Waals surface area contributed by atoms with Crippen LogP contribution in [0.15, 0.2) is 14.3 Å². The predicted octanol–water partition coefficient (Wildman–Crippen LogP) is 2.42. The maximum absolute atomic E-state index is 5.40. The number of nitrogens with one attached hydrogen (secondary N) is 1. The molecule has 0 aliphatic carbocycles. The van der Waals surface area contributed by atoms with E-state index in [0.717, 1.165) is 13.1 Å². The highest BCUT2D eigenvalue weighted by atomic mass is 79.9. The Labute approximate surface area is 97.9 Å². The maximum atomic E-state index is 5.40. The number of hydrogen-bond acceptors (Lipinski definition) is 4. The van der Waals surface area contributed by atoms with E-state index in [-0.39, 0.29) is 6.04 Å². The van der Waals surface area contributed by atoms with E-state index in [1.54, 1.807) is 18.4 Å². The van der Waals surface area contributed by atoms with Gasteiger partial charge in [0.1, 0.15) is 0 Å². The molecule has 74 valence electrons. The summed E-state index contributed by atoms with van der Waals surface area (Å²) < 4.78 is 7.15. The van der Waals surface area contributed by atoms with Gasteiger partial charge in [-0.15, -0.1) is 11.3 Å². The summed E-state index contributed by atoms with van der Waals surface area (Å²) in [5.41, 5.74) is 2.70. The average molecular weight is 330 g/mol. The molecule has 3 N–H and O–H groups in total. The molecule has 1 rings (SSSR count). The zero-order valence-electron chi connectivity index (χ0n) is 7.01. The molecule has 13 heavy (non-hydrogen) atoms. The first-order chi connectivity index (χ1) is 6.19. The van der Waals surface area contributed by atoms with Gasteiger partial charge in [0, 0.05) is 16.5 Å². The van der Waals surface area contributed by atoms with Gasteiger partial charge < -0.3 is 4.74 Å². The lowest BCUT2D eigenvalue weighted by Crippen LogP contribution is -2.30. The van der Waals surface area contributed by atoms with Gasteiger partial charge >= 0.3 is 0 Å². The number of thiophene rings is 1. The van der Waals surface area contributed by atoms with Crippen LogP contribution >= 0.6 is 43.2 Å². The molecule has 0 aliphatic rings. The van der Waals surface area contributed by atoms with Crippen LogP contribution in [0.2, 0.25) is 0 Å². The molecule has 0 saturated carbocycles. The SMILES string of the molecule is COCC(NN)c1cc(Br)c(Br)s1. The zero-order valence-corrected chi connectivity index (χ0v) is 11.0. The maximum Gasteiger partial charge on any atom is 0.0843 e. The summed E-state index contributed by atoms with van der Waals surface area (Å²) in [5, 5.41) is 0. The van der Waals surface area contributed by atoms with Crippen LogP contribution in [0.5, 0.6) is 0 Å². The smallest absolute Gasteiger partial charge is 0.0843 e. The normalized spacial score (nSPS) is 13.2. The zero-order chi connectivity index (χ0) is 9.84. The second-order valence-corrected chi connectivity index (χ2v) is 5.70. The first-order valence-corrected chi connectivity index (χ1v) is 5.99. The van der Waals surface area contributed by atoms with Gasteiger partial charge in [0.2, 0.25) is 0 Å². The Kier molecular flexibility index (Phi) is 4.85. The van der Waals surface area contributed by atoms with Crippen molar-refractivity contribution in [2.75, 3.05) is 13.7 Å². The Morgan fingerprint density at radius 3 is 2.77 bits per heavy atom. The quantitative estimate of drug-likeness (QED) is 0.658. The minimum atomic E-state index is 0.0533. The van der Waals surface area contributed by atoms with Gasteiger partial charge in [-0.05, 0) is 37.9 Å². The minimum absolute atomic E-state index is 0.0533. The van der Waals surface area contributed by atoms with Crippen molar-refractivity contribution in [1.82, 2.24) is 5.43 Å². The van der Waals surface area contributed by atoms with Crippen LogP contribution in [0.3, 0.4) is 0 Å². The van der Waals surface area contributed by atoms with Crippen molar-refractivity contribution < 1.29 is 4.74 Å². The molecular formula is C7H10Br2N2OS. The summed E-state index contributed by atoms with van der Waals surface area (Å²) >= 11 is 8.48. The molecule has 0 bridgehead atoms. The van der Waals surface area contributed by atoms with Crippen molar-refractivity contribution in [2.24, 2.45) is 5.84 Å². The third kappa shape index (κ3) is 3.00. The Morgan fingerprint density at radius 2 is 2.38 bits per heavy atom. The molecule has 0 aliphatic heterocycles. The van der Waals surface area contributed by atoms with E-state index < -0.39 is 0 Å². The Balaban J connectivity index is 2.78. The van der Waals surface area contributed by atoms with Crippen LogP contribution in [0.1, 0.15) is 10.9 Å². The van der Waals surface area contributed by atoms with Gasteiger partial charge in [-0.2, -0.15) is 0 Å². The minimum Gasteiger partial charge on any atom is -0.383 e. The molecule has 0 aromatic carbocycles. The van der Waals surface area contributed by atoms with E-state index in [0.29, 0.717) is 6.61 Å². The molecule has 0 fully saturated rings. The first kappa shape index (κ1) is 11.6. The van der Waals surface area contributed by atoms with Crippen LogP contribution in [0.4, 0.5) is 0 Å². The molecule has 6 heteroatoms. The van der Waals surface area contributed by atoms with Crippen molar-refractivity contribution in [3.05, 3.63) is 19.2 Å². The fourth-order valence-electron chi connectivity index (χ4n) is 0.914. The molecule has 0 saturated heterocycles. The van der Waals surface area contributed by atoms with Gasteiger partial charge in [-0.25, -0.2) is 5.43 Å². The Hall–Kier alpha value is 0.540. The summed E-state index contributed by atoms with van der Waals surface area (Å²) in [6.07, 6.45) is 0. The molecule has 0 amide bonds. The molecular weight excluding hydrogens is 320 g/mol. The summed E-state index contributed by atoms with van der Waals surface area (Å²) in [5.74, 6) is 5.40. The van der Waals surface area contributed by atoms with E-state index in [1.165, 1.54) is 0 Å². The van der Waals surface area contributed by atoms with Crippen LogP contribution in [0.25, 0.3) is 0 Å². The van der Waals surface area contributed by atoms with E-state index in [4.69, 9.17) is 10.6 Å². The van der Waals surface area contributed by atoms with Crippen molar-refractivity contribution in [2.45, 2.75) is 6.04 Å². The van der Waals surface area contributed by atoms with Crippen LogP contribution in [0, 0.1) is 0 Å². The number of hydrogen-bond donors (Lipinski definition) is 2. The molecule has 1 aromatic rings. The van der Waals surface area contributed by atoms with Gasteiger partial charge in [-0.3, -0.25) is 5.84 Å². The number of ether oxygens (including phenoxy) is 1. The predicted molar refractivity (Wildman–Crippen MR) is 61.7 cm³/mol. The van der Waals surface area contributed by atoms with Crippen molar-refractivity contribution in [1.29, 1.82) is 0 Å². The number of hydrazine groups is 1. The lowest BCUT2D eigenvalue weighted by molar-refractivity contribution is 0.168. The standard InChI is InChI=1S/C7H10Br2N2OS/c1-12-3-5(11-10)6-2-4(8)7(9)13-6/h2,5,11H,3,10H2,1H3. The van der Waals surface area contributed by atoms with E-state index in [9.17, 15) is 0 Å². The monoisotopic (exact) mass is 328 g/mol. The van der Waals surface area contributed by atoms with Gasteiger partial charge in [0.05, 0.1) is 16.4 Å². The van der Waals surface area contributed by atoms with Crippen molar-refractivity contribution >= 4 is 43.2 Å². The largest absolute Gasteiger partial charge is 0.383 e. The summed E-state index contributed by atoms with van der Waals surface area (Å²) in [7, 11) is 1.65. The Bertz CT molecular complexity index is 260. The Morgan fingerprint density at radius 1 is 1.69 bits per heavy atom. The summed E-state index contributed by atoms with van der Waals surface area (Å²) in [6.45, 7) is 0.565. The molecule has 1 aromatic heterocycles. The van der Waals surface area contributed by atoms with Crippen LogP contribution in [-0.4, -0.2) is 13.7 Å². The third-order valence-electron chi connectivity index (χ3n) is 1.54. The highest BCUT2D eigenvalue weighted by Crippen LogP contribution is 2.35. The highest BCUT2D eigenvalue weighted by Gasteiger charge is 2.13. The van der Waals surface area contributed by atoms with Crippen molar-refractivity contribution in [3.63, 3.8) is 0 Å². The van der Waals surface area contributed by atoms with E-state index >= 15 is 0 Å². The molecule has 1 unspecified atom stereocenters. The number of nitrogens with two attached hydrogens (primary N) is 1. The third-order valence-corrected chi connectivity index (χ3v) is 4.91. The molecule has 0 spiro atoms. The number of rotatable bonds is 4. The van der Waals surface area contributed by atoms with Gasteiger partial charge in [-0.1, -0.05) is 0 Å². The summed E-state index contributed by atoms with van der Waals surface area (Å²) in [6, 6.07) is 2.08. The molecule has 1 heterocycles. The first-order valence-electron chi connectivity index (χ1n) is 3.58. The second kappa shape index (κ2) is 5.43. The topological polar surface area (TPSA) is 47.3 Å².